The van der Waals surface area contributed by atoms with Crippen molar-refractivity contribution >= 4 is 19.8 Å². The molecule has 0 aliphatic rings. The standard InChI is InChI=1S/3C10H13.Sn.H/c3*1-10(2,3)9-7-5-4-6-8-9;;/h3*4-8H,1H2,2-3H3;;. The van der Waals surface area contributed by atoms with Crippen LogP contribution in [-0.2, 0) is 16.2 Å². The first-order valence-electron chi connectivity index (χ1n) is 11.8. The molecule has 3 rings (SSSR count). The molecule has 0 saturated heterocycles. The molecule has 0 bridgehead atoms. The molecule has 0 aliphatic carbocycles. The van der Waals surface area contributed by atoms with Gasteiger partial charge in [0, 0.05) is 0 Å². The van der Waals surface area contributed by atoms with Crippen molar-refractivity contribution in [3.8, 4) is 0 Å². The topological polar surface area (TPSA) is 0 Å². The predicted octanol–water partition coefficient (Wildman–Crippen LogP) is 8.15. The van der Waals surface area contributed by atoms with Gasteiger partial charge in [-0.2, -0.15) is 0 Å². The van der Waals surface area contributed by atoms with Gasteiger partial charge in [-0.25, -0.2) is 0 Å². The Bertz CT molecular complexity index is 797. The van der Waals surface area contributed by atoms with Crippen LogP contribution in [0.1, 0.15) is 58.2 Å². The number of hydrogen-bond donors (Lipinski definition) is 0. The van der Waals surface area contributed by atoms with Gasteiger partial charge in [0.1, 0.15) is 0 Å². The number of hydrogen-bond acceptors (Lipinski definition) is 0. The minimum absolute atomic E-state index is 0.238. The third kappa shape index (κ3) is 6.48. The van der Waals surface area contributed by atoms with Gasteiger partial charge >= 0.3 is 199 Å². The summed E-state index contributed by atoms with van der Waals surface area (Å²) in [5, 5.41) is 0. The molecule has 0 fully saturated rings. The van der Waals surface area contributed by atoms with Crippen molar-refractivity contribution in [1.29, 1.82) is 0 Å². The van der Waals surface area contributed by atoms with Crippen molar-refractivity contribution in [2.75, 3.05) is 0 Å². The normalized spacial score (nSPS) is 12.9. The average Bonchev–Trinajstić information content (AvgIpc) is 2.75. The molecule has 0 atom stereocenters. The Hall–Kier alpha value is -1.54. The molecular formula is C30H40Sn. The molecular weight excluding hydrogens is 479 g/mol. The molecule has 0 aliphatic heterocycles. The summed E-state index contributed by atoms with van der Waals surface area (Å²) in [7, 11) is 0. The van der Waals surface area contributed by atoms with Crippen molar-refractivity contribution in [1.82, 2.24) is 0 Å². The summed E-state index contributed by atoms with van der Waals surface area (Å²) in [6, 6.07) is 33.6. The molecule has 0 aromatic heterocycles. The van der Waals surface area contributed by atoms with Crippen molar-refractivity contribution in [3.05, 3.63) is 108 Å². The van der Waals surface area contributed by atoms with Crippen LogP contribution in [0.3, 0.4) is 0 Å². The summed E-state index contributed by atoms with van der Waals surface area (Å²) < 4.78 is 4.18. The van der Waals surface area contributed by atoms with E-state index in [0.717, 1.165) is 0 Å². The van der Waals surface area contributed by atoms with Crippen LogP contribution in [0, 0.1) is 0 Å². The Balaban J connectivity index is 1.90. The molecule has 0 unspecified atom stereocenters. The van der Waals surface area contributed by atoms with Crippen molar-refractivity contribution in [2.45, 2.75) is 71.1 Å². The molecule has 31 heavy (non-hydrogen) atoms. The quantitative estimate of drug-likeness (QED) is 0.251. The fraction of sp³-hybridized carbons (Fsp3) is 0.400. The van der Waals surface area contributed by atoms with Crippen LogP contribution in [0.15, 0.2) is 91.0 Å². The van der Waals surface area contributed by atoms with Gasteiger partial charge in [-0.1, -0.05) is 0 Å². The van der Waals surface area contributed by atoms with E-state index in [1.165, 1.54) is 30.0 Å². The van der Waals surface area contributed by atoms with E-state index >= 15 is 0 Å². The van der Waals surface area contributed by atoms with E-state index in [4.69, 9.17) is 0 Å². The third-order valence-corrected chi connectivity index (χ3v) is 20.7. The van der Waals surface area contributed by atoms with Crippen LogP contribution >= 0.6 is 0 Å². The molecule has 0 radical (unpaired) electrons. The first kappa shape index (κ1) is 24.1. The molecule has 0 spiro atoms. The Morgan fingerprint density at radius 2 is 0.645 bits per heavy atom. The Labute approximate surface area is 197 Å². The molecule has 0 N–H and O–H groups in total. The van der Waals surface area contributed by atoms with Gasteiger partial charge in [-0.05, 0) is 0 Å². The van der Waals surface area contributed by atoms with Crippen LogP contribution in [0.25, 0.3) is 0 Å². The summed E-state index contributed by atoms with van der Waals surface area (Å²) in [6.45, 7) is 14.8. The fourth-order valence-corrected chi connectivity index (χ4v) is 21.0. The number of benzene rings is 3. The summed E-state index contributed by atoms with van der Waals surface area (Å²) >= 11 is -2.00. The van der Waals surface area contributed by atoms with Crippen molar-refractivity contribution < 1.29 is 0 Å². The average molecular weight is 519 g/mol. The Morgan fingerprint density at radius 3 is 0.871 bits per heavy atom. The molecule has 0 amide bonds. The van der Waals surface area contributed by atoms with Gasteiger partial charge in [0.05, 0.1) is 0 Å². The summed E-state index contributed by atoms with van der Waals surface area (Å²) in [6.07, 6.45) is 0. The Morgan fingerprint density at radius 1 is 0.419 bits per heavy atom. The van der Waals surface area contributed by atoms with Crippen molar-refractivity contribution in [3.63, 3.8) is 0 Å². The predicted molar refractivity (Wildman–Crippen MR) is 140 cm³/mol. The first-order chi connectivity index (χ1) is 14.6. The van der Waals surface area contributed by atoms with Crippen LogP contribution in [0.2, 0.25) is 13.3 Å². The zero-order chi connectivity index (χ0) is 22.5. The zero-order valence-corrected chi connectivity index (χ0v) is 23.7. The van der Waals surface area contributed by atoms with E-state index in [2.05, 4.69) is 133 Å². The van der Waals surface area contributed by atoms with Gasteiger partial charge in [0.25, 0.3) is 0 Å². The summed E-state index contributed by atoms with van der Waals surface area (Å²) in [4.78, 5) is 0. The molecule has 0 saturated carbocycles. The van der Waals surface area contributed by atoms with E-state index in [1.54, 1.807) is 0 Å². The van der Waals surface area contributed by atoms with E-state index in [9.17, 15) is 0 Å². The zero-order valence-electron chi connectivity index (χ0n) is 20.4. The van der Waals surface area contributed by atoms with Gasteiger partial charge in [-0.15, -0.1) is 0 Å². The Kier molecular flexibility index (Phi) is 7.73. The molecule has 3 aromatic rings. The maximum absolute atomic E-state index is 2.47. The molecule has 164 valence electrons. The number of rotatable bonds is 9. The van der Waals surface area contributed by atoms with Crippen LogP contribution in [-0.4, -0.2) is 19.8 Å². The second-order valence-corrected chi connectivity index (χ2v) is 19.7. The second-order valence-electron chi connectivity index (χ2n) is 11.2. The van der Waals surface area contributed by atoms with E-state index in [0.29, 0.717) is 0 Å². The third-order valence-electron chi connectivity index (χ3n) is 7.06. The molecule has 3 aromatic carbocycles. The molecule has 0 nitrogen and oxygen atoms in total. The minimum atomic E-state index is -2.00. The van der Waals surface area contributed by atoms with Crippen LogP contribution < -0.4 is 0 Å². The van der Waals surface area contributed by atoms with E-state index in [-0.39, 0.29) is 16.2 Å². The summed E-state index contributed by atoms with van der Waals surface area (Å²) in [5.41, 5.74) is 5.19. The van der Waals surface area contributed by atoms with Gasteiger partial charge < -0.3 is 0 Å². The second kappa shape index (κ2) is 9.94. The van der Waals surface area contributed by atoms with E-state index < -0.39 is 19.8 Å². The molecule has 1 heteroatoms. The van der Waals surface area contributed by atoms with Crippen molar-refractivity contribution in [2.24, 2.45) is 0 Å². The van der Waals surface area contributed by atoms with E-state index in [1.807, 2.05) is 0 Å². The van der Waals surface area contributed by atoms with Gasteiger partial charge in [0.15, 0.2) is 0 Å². The van der Waals surface area contributed by atoms with Gasteiger partial charge in [-0.3, -0.25) is 0 Å². The molecule has 0 heterocycles. The summed E-state index contributed by atoms with van der Waals surface area (Å²) in [5.74, 6) is 0. The van der Waals surface area contributed by atoms with Crippen LogP contribution in [0.5, 0.6) is 0 Å². The SMILES string of the molecule is CC(C)([CH2][SnH]([CH2]C(C)(C)c1ccccc1)[CH2]C(C)(C)c1ccccc1)c1ccccc1. The van der Waals surface area contributed by atoms with Gasteiger partial charge in [0.2, 0.25) is 0 Å². The fourth-order valence-electron chi connectivity index (χ4n) is 5.40. The first-order valence-corrected chi connectivity index (χ1v) is 18.8. The maximum atomic E-state index is 2.47. The monoisotopic (exact) mass is 520 g/mol. The van der Waals surface area contributed by atoms with Crippen LogP contribution in [0.4, 0.5) is 0 Å².